The molecule has 96 valence electrons. The lowest BCUT2D eigenvalue weighted by atomic mass is 10.0. The fraction of sp³-hybridized carbons (Fsp3) is 0.154. The highest BCUT2D eigenvalue weighted by atomic mass is 19.1. The molecule has 0 aromatic carbocycles. The van der Waals surface area contributed by atoms with Crippen molar-refractivity contribution in [3.8, 4) is 11.3 Å². The molecule has 2 aromatic rings. The maximum atomic E-state index is 14.0. The number of halogens is 2. The molecule has 1 N–H and O–H groups in total. The third-order valence-corrected chi connectivity index (χ3v) is 2.90. The van der Waals surface area contributed by atoms with E-state index in [-0.39, 0.29) is 23.6 Å². The van der Waals surface area contributed by atoms with Crippen LogP contribution in [0.3, 0.4) is 0 Å². The van der Waals surface area contributed by atoms with Gasteiger partial charge in [-0.05, 0) is 24.6 Å². The number of amides is 1. The molecular weight excluding hydrogens is 252 g/mol. The molecule has 3 rings (SSSR count). The van der Waals surface area contributed by atoms with Crippen LogP contribution in [0.4, 0.5) is 14.5 Å². The van der Waals surface area contributed by atoms with Crippen LogP contribution in [-0.4, -0.2) is 15.9 Å². The number of pyridine rings is 2. The highest BCUT2D eigenvalue weighted by Crippen LogP contribution is 2.34. The van der Waals surface area contributed by atoms with Crippen molar-refractivity contribution in [2.45, 2.75) is 13.3 Å². The summed E-state index contributed by atoms with van der Waals surface area (Å²) in [5, 5.41) is 2.59. The van der Waals surface area contributed by atoms with Gasteiger partial charge in [0, 0.05) is 5.69 Å². The molecule has 0 bridgehead atoms. The second-order valence-electron chi connectivity index (χ2n) is 4.36. The Morgan fingerprint density at radius 3 is 2.89 bits per heavy atom. The molecule has 0 saturated heterocycles. The number of carbonyl (C=O) groups is 1. The average molecular weight is 261 g/mol. The molecule has 0 radical (unpaired) electrons. The van der Waals surface area contributed by atoms with Crippen LogP contribution in [0.2, 0.25) is 0 Å². The highest BCUT2D eigenvalue weighted by molar-refractivity contribution is 5.99. The van der Waals surface area contributed by atoms with Crippen molar-refractivity contribution in [1.82, 2.24) is 9.97 Å². The molecule has 1 aliphatic heterocycles. The maximum Gasteiger partial charge on any atom is 0.228 e. The Hall–Kier alpha value is -2.37. The van der Waals surface area contributed by atoms with Gasteiger partial charge in [-0.3, -0.25) is 9.78 Å². The molecule has 0 saturated carbocycles. The van der Waals surface area contributed by atoms with Gasteiger partial charge in [-0.25, -0.2) is 9.37 Å². The quantitative estimate of drug-likeness (QED) is 0.740. The first-order chi connectivity index (χ1) is 9.04. The van der Waals surface area contributed by atoms with Crippen LogP contribution in [0, 0.1) is 18.7 Å². The highest BCUT2D eigenvalue weighted by Gasteiger charge is 2.24. The lowest BCUT2D eigenvalue weighted by Gasteiger charge is -2.09. The normalized spacial score (nSPS) is 13.3. The van der Waals surface area contributed by atoms with E-state index in [1.54, 1.807) is 13.0 Å². The summed E-state index contributed by atoms with van der Waals surface area (Å²) >= 11 is 0. The van der Waals surface area contributed by atoms with Crippen molar-refractivity contribution < 1.29 is 13.6 Å². The van der Waals surface area contributed by atoms with E-state index in [2.05, 4.69) is 15.3 Å². The van der Waals surface area contributed by atoms with E-state index in [4.69, 9.17) is 0 Å². The summed E-state index contributed by atoms with van der Waals surface area (Å²) in [5.74, 6) is -1.62. The lowest BCUT2D eigenvalue weighted by Crippen LogP contribution is -2.13. The van der Waals surface area contributed by atoms with Gasteiger partial charge in [-0.2, -0.15) is 4.39 Å². The number of fused-ring (bicyclic) bond motifs is 3. The van der Waals surface area contributed by atoms with E-state index in [0.717, 1.165) is 6.20 Å². The first-order valence-electron chi connectivity index (χ1n) is 5.66. The molecule has 4 nitrogen and oxygen atoms in total. The molecule has 2 aromatic heterocycles. The number of anilines is 1. The fourth-order valence-electron chi connectivity index (χ4n) is 2.17. The standard InChI is InChI=1S/C13H9F2N3O/c1-6-2-9-11(13(15)17-6)12-7(4-10(19)18-9)3-8(14)5-16-12/h2-3,5H,4H2,1H3,(H,18,19). The Bertz CT molecular complexity index is 701. The van der Waals surface area contributed by atoms with Crippen LogP contribution in [0.5, 0.6) is 0 Å². The molecule has 1 aliphatic rings. The van der Waals surface area contributed by atoms with Crippen molar-refractivity contribution in [2.24, 2.45) is 0 Å². The van der Waals surface area contributed by atoms with Crippen molar-refractivity contribution in [1.29, 1.82) is 0 Å². The fourth-order valence-corrected chi connectivity index (χ4v) is 2.17. The largest absolute Gasteiger partial charge is 0.325 e. The lowest BCUT2D eigenvalue weighted by molar-refractivity contribution is -0.115. The topological polar surface area (TPSA) is 54.9 Å². The second kappa shape index (κ2) is 4.08. The summed E-state index contributed by atoms with van der Waals surface area (Å²) in [6, 6.07) is 2.76. The number of rotatable bonds is 0. The smallest absolute Gasteiger partial charge is 0.228 e. The number of nitrogens with one attached hydrogen (secondary N) is 1. The Labute approximate surface area is 107 Å². The summed E-state index contributed by atoms with van der Waals surface area (Å²) in [4.78, 5) is 19.4. The zero-order valence-electron chi connectivity index (χ0n) is 10.00. The van der Waals surface area contributed by atoms with Gasteiger partial charge in [0.1, 0.15) is 5.82 Å². The van der Waals surface area contributed by atoms with E-state index in [0.29, 0.717) is 16.9 Å². The Balaban J connectivity index is 2.34. The molecule has 0 atom stereocenters. The van der Waals surface area contributed by atoms with Crippen LogP contribution in [0.25, 0.3) is 11.3 Å². The van der Waals surface area contributed by atoms with E-state index in [1.165, 1.54) is 6.07 Å². The summed E-state index contributed by atoms with van der Waals surface area (Å²) < 4.78 is 27.2. The van der Waals surface area contributed by atoms with Gasteiger partial charge in [0.2, 0.25) is 11.9 Å². The molecule has 0 spiro atoms. The van der Waals surface area contributed by atoms with Crippen molar-refractivity contribution in [3.05, 3.63) is 41.4 Å². The predicted molar refractivity (Wildman–Crippen MR) is 64.5 cm³/mol. The summed E-state index contributed by atoms with van der Waals surface area (Å²) in [5.41, 5.74) is 1.46. The summed E-state index contributed by atoms with van der Waals surface area (Å²) in [6.07, 6.45) is 0.949. The van der Waals surface area contributed by atoms with Gasteiger partial charge in [0.15, 0.2) is 0 Å². The minimum Gasteiger partial charge on any atom is -0.325 e. The van der Waals surface area contributed by atoms with Crippen molar-refractivity contribution >= 4 is 11.6 Å². The van der Waals surface area contributed by atoms with E-state index in [9.17, 15) is 13.6 Å². The molecular formula is C13H9F2N3O. The first-order valence-corrected chi connectivity index (χ1v) is 5.66. The van der Waals surface area contributed by atoms with E-state index >= 15 is 0 Å². The third kappa shape index (κ3) is 1.95. The van der Waals surface area contributed by atoms with Gasteiger partial charge >= 0.3 is 0 Å². The summed E-state index contributed by atoms with van der Waals surface area (Å²) in [6.45, 7) is 1.62. The average Bonchev–Trinajstić information content (AvgIpc) is 2.43. The second-order valence-corrected chi connectivity index (χ2v) is 4.36. The number of hydrogen-bond acceptors (Lipinski definition) is 3. The number of hydrogen-bond donors (Lipinski definition) is 1. The van der Waals surface area contributed by atoms with Gasteiger partial charge < -0.3 is 5.32 Å². The summed E-state index contributed by atoms with van der Waals surface area (Å²) in [7, 11) is 0. The molecule has 6 heteroatoms. The van der Waals surface area contributed by atoms with Crippen LogP contribution in [-0.2, 0) is 11.2 Å². The van der Waals surface area contributed by atoms with E-state index in [1.807, 2.05) is 0 Å². The molecule has 3 heterocycles. The third-order valence-electron chi connectivity index (χ3n) is 2.90. The van der Waals surface area contributed by atoms with Crippen molar-refractivity contribution in [3.63, 3.8) is 0 Å². The van der Waals surface area contributed by atoms with Crippen LogP contribution in [0.15, 0.2) is 18.3 Å². The molecule has 1 amide bonds. The number of carbonyl (C=O) groups excluding carboxylic acids is 1. The van der Waals surface area contributed by atoms with E-state index < -0.39 is 11.8 Å². The van der Waals surface area contributed by atoms with Crippen molar-refractivity contribution in [2.75, 3.05) is 5.32 Å². The number of aryl methyl sites for hydroxylation is 1. The molecule has 0 fully saturated rings. The first kappa shape index (κ1) is 11.7. The predicted octanol–water partition coefficient (Wildman–Crippen LogP) is 2.22. The Morgan fingerprint density at radius 2 is 2.11 bits per heavy atom. The van der Waals surface area contributed by atoms with Crippen LogP contribution in [0.1, 0.15) is 11.3 Å². The zero-order chi connectivity index (χ0) is 13.6. The van der Waals surface area contributed by atoms with Crippen LogP contribution >= 0.6 is 0 Å². The molecule has 0 unspecified atom stereocenters. The van der Waals surface area contributed by atoms with Gasteiger partial charge in [-0.1, -0.05) is 0 Å². The Kier molecular flexibility index (Phi) is 2.51. The molecule has 0 aliphatic carbocycles. The minimum absolute atomic E-state index is 0.0484. The number of aromatic nitrogens is 2. The Morgan fingerprint density at radius 1 is 1.32 bits per heavy atom. The van der Waals surface area contributed by atoms with Gasteiger partial charge in [0.25, 0.3) is 0 Å². The number of nitrogens with zero attached hydrogens (tertiary/aromatic N) is 2. The minimum atomic E-state index is -0.724. The SMILES string of the molecule is Cc1cc2c(c(F)n1)-c1ncc(F)cc1CC(=O)N2. The van der Waals surface area contributed by atoms with Gasteiger partial charge in [0.05, 0.1) is 29.6 Å². The molecule has 19 heavy (non-hydrogen) atoms. The maximum absolute atomic E-state index is 14.0. The van der Waals surface area contributed by atoms with Crippen LogP contribution < -0.4 is 5.32 Å². The zero-order valence-corrected chi connectivity index (χ0v) is 10.00. The monoisotopic (exact) mass is 261 g/mol. The van der Waals surface area contributed by atoms with Gasteiger partial charge in [-0.15, -0.1) is 0 Å².